The van der Waals surface area contributed by atoms with Crippen molar-refractivity contribution in [2.24, 2.45) is 17.8 Å². The van der Waals surface area contributed by atoms with Gasteiger partial charge in [0.15, 0.2) is 0 Å². The molecule has 0 heterocycles. The molecule has 0 aromatic carbocycles. The number of carboxylic acids is 1. The maximum absolute atomic E-state index is 11.5. The summed E-state index contributed by atoms with van der Waals surface area (Å²) in [6.45, 7) is 7.65. The largest absolute Gasteiger partial charge is 0.481 e. The fourth-order valence-corrected chi connectivity index (χ4v) is 1.87. The number of amides is 1. The van der Waals surface area contributed by atoms with Gasteiger partial charge in [-0.2, -0.15) is 0 Å². The van der Waals surface area contributed by atoms with Gasteiger partial charge in [-0.15, -0.1) is 0 Å². The number of hydrogen-bond acceptors (Lipinski definition) is 5. The van der Waals surface area contributed by atoms with Crippen LogP contribution in [-0.4, -0.2) is 42.9 Å². The van der Waals surface area contributed by atoms with Crippen molar-refractivity contribution < 1.29 is 29.0 Å². The van der Waals surface area contributed by atoms with E-state index < -0.39 is 12.1 Å². The summed E-state index contributed by atoms with van der Waals surface area (Å²) >= 11 is 0. The molecule has 0 saturated carbocycles. The minimum absolute atomic E-state index is 0.00443. The number of alkyl carbamates (subject to hydrolysis) is 1. The molecule has 0 saturated heterocycles. The Balaban J connectivity index is 3.93. The highest BCUT2D eigenvalue weighted by molar-refractivity contribution is 5.71. The number of aliphatic carboxylic acids is 1. The third-order valence-corrected chi connectivity index (χ3v) is 2.84. The van der Waals surface area contributed by atoms with E-state index in [4.69, 9.17) is 14.6 Å². The van der Waals surface area contributed by atoms with Gasteiger partial charge >= 0.3 is 18.0 Å². The van der Waals surface area contributed by atoms with E-state index in [1.165, 1.54) is 0 Å². The number of nitrogens with one attached hydrogen (secondary N) is 1. The van der Waals surface area contributed by atoms with E-state index in [-0.39, 0.29) is 44.0 Å². The van der Waals surface area contributed by atoms with E-state index in [9.17, 15) is 14.4 Å². The van der Waals surface area contributed by atoms with Gasteiger partial charge in [-0.3, -0.25) is 9.59 Å². The first-order valence-electron chi connectivity index (χ1n) is 7.51. The van der Waals surface area contributed by atoms with Gasteiger partial charge in [-0.1, -0.05) is 27.7 Å². The molecule has 7 nitrogen and oxygen atoms in total. The highest BCUT2D eigenvalue weighted by Crippen LogP contribution is 2.14. The van der Waals surface area contributed by atoms with Crippen LogP contribution in [0.25, 0.3) is 0 Å². The molecule has 0 aromatic rings. The first kappa shape index (κ1) is 20.2. The van der Waals surface area contributed by atoms with Crippen LogP contribution in [0.5, 0.6) is 0 Å². The molecule has 0 fully saturated rings. The molecular weight excluding hydrogens is 290 g/mol. The Bertz CT molecular complexity index is 367. The minimum Gasteiger partial charge on any atom is -0.481 e. The van der Waals surface area contributed by atoms with Crippen molar-refractivity contribution in [3.05, 3.63) is 0 Å². The first-order chi connectivity index (χ1) is 10.2. The fourth-order valence-electron chi connectivity index (χ4n) is 1.87. The molecule has 0 rings (SSSR count). The van der Waals surface area contributed by atoms with Gasteiger partial charge in [0.2, 0.25) is 0 Å². The third-order valence-electron chi connectivity index (χ3n) is 2.84. The Morgan fingerprint density at radius 2 is 1.64 bits per heavy atom. The van der Waals surface area contributed by atoms with Crippen LogP contribution >= 0.6 is 0 Å². The maximum atomic E-state index is 11.5. The lowest BCUT2D eigenvalue weighted by atomic mass is 9.94. The smallest absolute Gasteiger partial charge is 0.407 e. The van der Waals surface area contributed by atoms with Gasteiger partial charge in [0.1, 0.15) is 13.2 Å². The number of esters is 1. The van der Waals surface area contributed by atoms with E-state index >= 15 is 0 Å². The molecule has 0 aromatic heterocycles. The lowest BCUT2D eigenvalue weighted by Gasteiger charge is -2.17. The summed E-state index contributed by atoms with van der Waals surface area (Å²) in [5.41, 5.74) is 0. The highest BCUT2D eigenvalue weighted by atomic mass is 16.6. The Labute approximate surface area is 131 Å². The monoisotopic (exact) mass is 317 g/mol. The Kier molecular flexibility index (Phi) is 9.98. The van der Waals surface area contributed by atoms with E-state index in [2.05, 4.69) is 5.32 Å². The minimum atomic E-state index is -0.888. The van der Waals surface area contributed by atoms with Crippen molar-refractivity contribution in [1.82, 2.24) is 5.32 Å². The van der Waals surface area contributed by atoms with Crippen molar-refractivity contribution in [2.45, 2.75) is 40.5 Å². The summed E-state index contributed by atoms with van der Waals surface area (Å²) in [6.07, 6.45) is 0.0722. The fraction of sp³-hybridized carbons (Fsp3) is 0.800. The van der Waals surface area contributed by atoms with Crippen molar-refractivity contribution in [3.8, 4) is 0 Å². The van der Waals surface area contributed by atoms with Gasteiger partial charge in [0.25, 0.3) is 0 Å². The second-order valence-electron chi connectivity index (χ2n) is 5.93. The van der Waals surface area contributed by atoms with E-state index in [0.29, 0.717) is 12.3 Å². The Morgan fingerprint density at radius 3 is 2.14 bits per heavy atom. The van der Waals surface area contributed by atoms with Crippen LogP contribution in [0.3, 0.4) is 0 Å². The van der Waals surface area contributed by atoms with E-state index in [1.54, 1.807) is 13.8 Å². The van der Waals surface area contributed by atoms with Gasteiger partial charge in [-0.05, 0) is 18.3 Å². The van der Waals surface area contributed by atoms with Crippen molar-refractivity contribution >= 4 is 18.0 Å². The van der Waals surface area contributed by atoms with E-state index in [0.717, 1.165) is 0 Å². The Morgan fingerprint density at radius 1 is 1.05 bits per heavy atom. The molecule has 0 aliphatic carbocycles. The van der Waals surface area contributed by atoms with Crippen LogP contribution < -0.4 is 5.32 Å². The summed E-state index contributed by atoms with van der Waals surface area (Å²) in [6, 6.07) is 0. The van der Waals surface area contributed by atoms with E-state index in [1.807, 2.05) is 13.8 Å². The molecule has 22 heavy (non-hydrogen) atoms. The molecule has 0 bridgehead atoms. The summed E-state index contributed by atoms with van der Waals surface area (Å²) in [5, 5.41) is 11.4. The second kappa shape index (κ2) is 10.9. The van der Waals surface area contributed by atoms with Crippen LogP contribution in [0.4, 0.5) is 4.79 Å². The SMILES string of the molecule is CC(C)C[C@H](CNC(=O)OCCOC(=O)C(C)C)CC(=O)O. The predicted molar refractivity (Wildman–Crippen MR) is 80.3 cm³/mol. The third kappa shape index (κ3) is 10.9. The maximum Gasteiger partial charge on any atom is 0.407 e. The zero-order chi connectivity index (χ0) is 17.1. The molecule has 0 aliphatic rings. The summed E-state index contributed by atoms with van der Waals surface area (Å²) in [7, 11) is 0. The Hall–Kier alpha value is -1.79. The highest BCUT2D eigenvalue weighted by Gasteiger charge is 2.16. The number of hydrogen-bond donors (Lipinski definition) is 2. The molecular formula is C15H27NO6. The average Bonchev–Trinajstić information content (AvgIpc) is 2.39. The molecule has 128 valence electrons. The number of ether oxygens (including phenoxy) is 2. The topological polar surface area (TPSA) is 102 Å². The van der Waals surface area contributed by atoms with Gasteiger partial charge in [-0.25, -0.2) is 4.79 Å². The van der Waals surface area contributed by atoms with Crippen LogP contribution in [0.2, 0.25) is 0 Å². The molecule has 0 radical (unpaired) electrons. The molecule has 1 atom stereocenters. The van der Waals surface area contributed by atoms with Crippen LogP contribution in [0, 0.1) is 17.8 Å². The zero-order valence-corrected chi connectivity index (χ0v) is 13.8. The zero-order valence-electron chi connectivity index (χ0n) is 13.8. The number of rotatable bonds is 10. The van der Waals surface area contributed by atoms with Crippen molar-refractivity contribution in [2.75, 3.05) is 19.8 Å². The van der Waals surface area contributed by atoms with Crippen LogP contribution in [-0.2, 0) is 19.1 Å². The lowest BCUT2D eigenvalue weighted by Crippen LogP contribution is -2.32. The lowest BCUT2D eigenvalue weighted by molar-refractivity contribution is -0.148. The van der Waals surface area contributed by atoms with Crippen molar-refractivity contribution in [3.63, 3.8) is 0 Å². The van der Waals surface area contributed by atoms with Crippen LogP contribution in [0.1, 0.15) is 40.5 Å². The summed E-state index contributed by atoms with van der Waals surface area (Å²) in [4.78, 5) is 33.4. The number of carbonyl (C=O) groups excluding carboxylic acids is 2. The molecule has 1 amide bonds. The van der Waals surface area contributed by atoms with Crippen LogP contribution in [0.15, 0.2) is 0 Å². The predicted octanol–water partition coefficient (Wildman–Crippen LogP) is 2.05. The molecule has 0 unspecified atom stereocenters. The quantitative estimate of drug-likeness (QED) is 0.472. The summed E-state index contributed by atoms with van der Waals surface area (Å²) in [5.74, 6) is -1.24. The normalized spacial score (nSPS) is 12.1. The molecule has 2 N–H and O–H groups in total. The molecule has 0 aliphatic heterocycles. The number of carbonyl (C=O) groups is 3. The molecule has 0 spiro atoms. The molecule has 7 heteroatoms. The van der Waals surface area contributed by atoms with Crippen molar-refractivity contribution in [1.29, 1.82) is 0 Å². The van der Waals surface area contributed by atoms with Gasteiger partial charge in [0, 0.05) is 13.0 Å². The average molecular weight is 317 g/mol. The second-order valence-corrected chi connectivity index (χ2v) is 5.93. The first-order valence-corrected chi connectivity index (χ1v) is 7.51. The van der Waals surface area contributed by atoms with Gasteiger partial charge in [0.05, 0.1) is 5.92 Å². The number of carboxylic acid groups (broad SMARTS) is 1. The summed E-state index contributed by atoms with van der Waals surface area (Å²) < 4.78 is 9.72. The standard InChI is InChI=1S/C15H27NO6/c1-10(2)7-12(8-13(17)18)9-16-15(20)22-6-5-21-14(19)11(3)4/h10-12H,5-9H2,1-4H3,(H,16,20)(H,17,18)/t12-/m0/s1. The van der Waals surface area contributed by atoms with Gasteiger partial charge < -0.3 is 19.9 Å².